The Kier molecular flexibility index (Phi) is 4.78. The number of likely N-dealkylation sites (tertiary alicyclic amines) is 1. The summed E-state index contributed by atoms with van der Waals surface area (Å²) in [4.78, 5) is 18.8. The minimum Gasteiger partial charge on any atom is -0.355 e. The van der Waals surface area contributed by atoms with Gasteiger partial charge in [-0.3, -0.25) is 9.78 Å². The third kappa shape index (κ3) is 3.52. The average Bonchev–Trinajstić information content (AvgIpc) is 3.07. The quantitative estimate of drug-likeness (QED) is 0.714. The third-order valence-corrected chi connectivity index (χ3v) is 4.96. The van der Waals surface area contributed by atoms with Crippen molar-refractivity contribution < 1.29 is 9.32 Å². The summed E-state index contributed by atoms with van der Waals surface area (Å²) in [5, 5.41) is 3.98. The van der Waals surface area contributed by atoms with Crippen molar-refractivity contribution in [2.24, 2.45) is 0 Å². The maximum Gasteiger partial charge on any atom is 0.276 e. The lowest BCUT2D eigenvalue weighted by atomic mass is 9.92. The molecule has 0 radical (unpaired) electrons. The smallest absolute Gasteiger partial charge is 0.276 e. The molecule has 3 heterocycles. The molecular weight excluding hydrogens is 326 g/mol. The number of rotatable bonds is 3. The van der Waals surface area contributed by atoms with Crippen molar-refractivity contribution in [3.8, 4) is 11.3 Å². The molecule has 1 amide bonds. The van der Waals surface area contributed by atoms with Gasteiger partial charge in [-0.1, -0.05) is 35.5 Å². The highest BCUT2D eigenvalue weighted by Gasteiger charge is 2.24. The molecule has 1 aliphatic rings. The molecule has 1 atom stereocenters. The predicted molar refractivity (Wildman–Crippen MR) is 98.7 cm³/mol. The number of hydrogen-bond acceptors (Lipinski definition) is 4. The zero-order valence-electron chi connectivity index (χ0n) is 14.5. The maximum atomic E-state index is 12.8. The van der Waals surface area contributed by atoms with Gasteiger partial charge in [0.2, 0.25) is 0 Å². The number of amides is 1. The van der Waals surface area contributed by atoms with Crippen LogP contribution in [-0.2, 0) is 0 Å². The van der Waals surface area contributed by atoms with Crippen LogP contribution in [0.25, 0.3) is 11.3 Å². The van der Waals surface area contributed by atoms with E-state index in [0.717, 1.165) is 37.9 Å². The van der Waals surface area contributed by atoms with Gasteiger partial charge in [-0.2, -0.15) is 0 Å². The van der Waals surface area contributed by atoms with E-state index in [2.05, 4.69) is 34.4 Å². The van der Waals surface area contributed by atoms with Crippen LogP contribution in [0.2, 0.25) is 0 Å². The highest BCUT2D eigenvalue weighted by Crippen LogP contribution is 2.28. The lowest BCUT2D eigenvalue weighted by Gasteiger charge is -2.19. The lowest BCUT2D eigenvalue weighted by molar-refractivity contribution is 0.0750. The van der Waals surface area contributed by atoms with Gasteiger partial charge >= 0.3 is 0 Å². The van der Waals surface area contributed by atoms with Crippen molar-refractivity contribution in [3.63, 3.8) is 0 Å². The molecule has 0 saturated carbocycles. The number of benzene rings is 1. The Morgan fingerprint density at radius 1 is 1.08 bits per heavy atom. The van der Waals surface area contributed by atoms with Gasteiger partial charge in [-0.25, -0.2) is 0 Å². The Bertz CT molecular complexity index is 861. The summed E-state index contributed by atoms with van der Waals surface area (Å²) >= 11 is 0. The number of nitrogens with zero attached hydrogens (tertiary/aromatic N) is 3. The average molecular weight is 347 g/mol. The van der Waals surface area contributed by atoms with E-state index in [1.54, 1.807) is 18.5 Å². The first-order chi connectivity index (χ1) is 12.8. The summed E-state index contributed by atoms with van der Waals surface area (Å²) in [7, 11) is 0. The molecule has 26 heavy (non-hydrogen) atoms. The molecule has 1 fully saturated rings. The van der Waals surface area contributed by atoms with Crippen LogP contribution >= 0.6 is 0 Å². The summed E-state index contributed by atoms with van der Waals surface area (Å²) < 4.78 is 5.35. The molecule has 5 nitrogen and oxygen atoms in total. The van der Waals surface area contributed by atoms with Gasteiger partial charge in [-0.05, 0) is 42.9 Å². The fourth-order valence-corrected chi connectivity index (χ4v) is 3.54. The van der Waals surface area contributed by atoms with Crippen LogP contribution in [0, 0.1) is 0 Å². The Balaban J connectivity index is 1.45. The van der Waals surface area contributed by atoms with Crippen molar-refractivity contribution in [1.29, 1.82) is 0 Å². The summed E-state index contributed by atoms with van der Waals surface area (Å²) in [6.07, 6.45) is 6.48. The van der Waals surface area contributed by atoms with E-state index in [1.807, 2.05) is 23.1 Å². The molecule has 1 aliphatic heterocycles. The van der Waals surface area contributed by atoms with Gasteiger partial charge in [0.1, 0.15) is 0 Å². The summed E-state index contributed by atoms with van der Waals surface area (Å²) in [5.41, 5.74) is 2.54. The van der Waals surface area contributed by atoms with E-state index in [4.69, 9.17) is 4.52 Å². The minimum absolute atomic E-state index is 0.0578. The van der Waals surface area contributed by atoms with Crippen LogP contribution in [-0.4, -0.2) is 34.0 Å². The van der Waals surface area contributed by atoms with Crippen LogP contribution in [0.1, 0.15) is 41.2 Å². The van der Waals surface area contributed by atoms with Gasteiger partial charge in [0.05, 0.1) is 0 Å². The number of aromatic nitrogens is 2. The van der Waals surface area contributed by atoms with Crippen LogP contribution in [0.15, 0.2) is 65.4 Å². The van der Waals surface area contributed by atoms with Crippen molar-refractivity contribution in [2.45, 2.75) is 25.2 Å². The van der Waals surface area contributed by atoms with Crippen LogP contribution < -0.4 is 0 Å². The van der Waals surface area contributed by atoms with Gasteiger partial charge in [0.25, 0.3) is 5.91 Å². The fourth-order valence-electron chi connectivity index (χ4n) is 3.54. The SMILES string of the molecule is O=C(c1cc(-c2cccnc2)on1)N1CCC[C@H](c2ccccc2)CC1. The fraction of sp³-hybridized carbons (Fsp3) is 0.286. The van der Waals surface area contributed by atoms with E-state index < -0.39 is 0 Å². The van der Waals surface area contributed by atoms with E-state index in [-0.39, 0.29) is 5.91 Å². The topological polar surface area (TPSA) is 59.2 Å². The van der Waals surface area contributed by atoms with Crippen LogP contribution in [0.3, 0.4) is 0 Å². The molecule has 0 N–H and O–H groups in total. The van der Waals surface area contributed by atoms with E-state index in [1.165, 1.54) is 5.56 Å². The molecule has 0 spiro atoms. The highest BCUT2D eigenvalue weighted by atomic mass is 16.5. The summed E-state index contributed by atoms with van der Waals surface area (Å²) in [6.45, 7) is 1.50. The highest BCUT2D eigenvalue weighted by molar-refractivity contribution is 5.93. The largest absolute Gasteiger partial charge is 0.355 e. The van der Waals surface area contributed by atoms with E-state index in [9.17, 15) is 4.79 Å². The molecule has 4 rings (SSSR count). The number of hydrogen-bond donors (Lipinski definition) is 0. The van der Waals surface area contributed by atoms with Crippen molar-refractivity contribution >= 4 is 5.91 Å². The molecule has 1 saturated heterocycles. The Morgan fingerprint density at radius 2 is 1.96 bits per heavy atom. The monoisotopic (exact) mass is 347 g/mol. The number of pyridine rings is 1. The molecular formula is C21H21N3O2. The van der Waals surface area contributed by atoms with Crippen molar-refractivity contribution in [1.82, 2.24) is 15.0 Å². The molecule has 0 aliphatic carbocycles. The van der Waals surface area contributed by atoms with Gasteiger partial charge in [0.15, 0.2) is 11.5 Å². The van der Waals surface area contributed by atoms with Crippen molar-refractivity contribution in [3.05, 3.63) is 72.2 Å². The third-order valence-electron chi connectivity index (χ3n) is 4.96. The standard InChI is InChI=1S/C21H21N3O2/c25-21(19-14-20(26-23-19)18-8-4-11-22-15-18)24-12-5-9-17(10-13-24)16-6-2-1-3-7-16/h1-4,6-8,11,14-15,17H,5,9-10,12-13H2/t17-/m0/s1. The van der Waals surface area contributed by atoms with Gasteiger partial charge < -0.3 is 9.42 Å². The Hall–Kier alpha value is -2.95. The maximum absolute atomic E-state index is 12.8. The van der Waals surface area contributed by atoms with Crippen LogP contribution in [0.5, 0.6) is 0 Å². The second-order valence-electron chi connectivity index (χ2n) is 6.65. The Morgan fingerprint density at radius 3 is 2.77 bits per heavy atom. The molecule has 0 unspecified atom stereocenters. The second-order valence-corrected chi connectivity index (χ2v) is 6.65. The minimum atomic E-state index is -0.0578. The Labute approximate surface area is 152 Å². The molecule has 5 heteroatoms. The van der Waals surface area contributed by atoms with Gasteiger partial charge in [-0.15, -0.1) is 0 Å². The summed E-state index contributed by atoms with van der Waals surface area (Å²) in [5.74, 6) is 1.02. The second kappa shape index (κ2) is 7.52. The zero-order chi connectivity index (χ0) is 17.8. The first kappa shape index (κ1) is 16.5. The predicted octanol–water partition coefficient (Wildman–Crippen LogP) is 4.15. The molecule has 1 aromatic carbocycles. The number of carbonyl (C=O) groups is 1. The molecule has 2 aromatic heterocycles. The number of carbonyl (C=O) groups excluding carboxylic acids is 1. The van der Waals surface area contributed by atoms with Crippen molar-refractivity contribution in [2.75, 3.05) is 13.1 Å². The van der Waals surface area contributed by atoms with Crippen LogP contribution in [0.4, 0.5) is 0 Å². The normalized spacial score (nSPS) is 17.7. The summed E-state index contributed by atoms with van der Waals surface area (Å²) in [6, 6.07) is 16.0. The van der Waals surface area contributed by atoms with Gasteiger partial charge in [0, 0.05) is 37.1 Å². The molecule has 0 bridgehead atoms. The molecule has 132 valence electrons. The lowest BCUT2D eigenvalue weighted by Crippen LogP contribution is -2.32. The molecule has 3 aromatic rings. The van der Waals surface area contributed by atoms with E-state index in [0.29, 0.717) is 17.4 Å². The van der Waals surface area contributed by atoms with E-state index >= 15 is 0 Å². The first-order valence-corrected chi connectivity index (χ1v) is 9.02. The zero-order valence-corrected chi connectivity index (χ0v) is 14.5. The first-order valence-electron chi connectivity index (χ1n) is 9.02.